The lowest BCUT2D eigenvalue weighted by Crippen LogP contribution is -2.57. The summed E-state index contributed by atoms with van der Waals surface area (Å²) >= 11 is 6.40. The van der Waals surface area contributed by atoms with Crippen molar-refractivity contribution in [2.24, 2.45) is 0 Å². The Morgan fingerprint density at radius 2 is 1.07 bits per heavy atom. The van der Waals surface area contributed by atoms with Crippen LogP contribution in [0.4, 0.5) is 0 Å². The van der Waals surface area contributed by atoms with Gasteiger partial charge in [-0.1, -0.05) is 77.4 Å². The van der Waals surface area contributed by atoms with Gasteiger partial charge in [-0.2, -0.15) is 0 Å². The lowest BCUT2D eigenvalue weighted by Gasteiger charge is -2.35. The van der Waals surface area contributed by atoms with Gasteiger partial charge in [0.2, 0.25) is 0 Å². The Labute approximate surface area is 184 Å². The van der Waals surface area contributed by atoms with E-state index in [1.807, 2.05) is 12.1 Å². The Hall–Kier alpha value is -2.39. The molecule has 30 heavy (non-hydrogen) atoms. The molecule has 4 heteroatoms. The normalized spacial score (nSPS) is 14.3. The first-order valence-corrected chi connectivity index (χ1v) is 10.9. The van der Waals surface area contributed by atoms with Crippen LogP contribution in [0.1, 0.15) is 52.7 Å². The minimum Gasteiger partial charge on any atom is -0.458 e. The molecule has 0 radical (unpaired) electrons. The molecule has 2 nitrogen and oxygen atoms in total. The molecule has 2 aliphatic rings. The van der Waals surface area contributed by atoms with Gasteiger partial charge in [-0.05, 0) is 57.1 Å². The molecule has 152 valence electrons. The fraction of sp³-hybridized carbons (Fsp3) is 0.308. The van der Waals surface area contributed by atoms with Crippen LogP contribution in [0.5, 0.6) is 23.0 Å². The van der Waals surface area contributed by atoms with Crippen LogP contribution in [0, 0.1) is 0 Å². The first kappa shape index (κ1) is 19.6. The van der Waals surface area contributed by atoms with Gasteiger partial charge < -0.3 is 9.47 Å². The minimum absolute atomic E-state index is 0.0549. The molecule has 0 bridgehead atoms. The van der Waals surface area contributed by atoms with Gasteiger partial charge in [0, 0.05) is 10.5 Å². The third-order valence-electron chi connectivity index (χ3n) is 6.17. The summed E-state index contributed by atoms with van der Waals surface area (Å²) in [6.07, 6.45) is 0. The highest BCUT2D eigenvalue weighted by Crippen LogP contribution is 2.38. The number of fused-ring (bicyclic) bond motifs is 4. The number of hydrogen-bond donors (Lipinski definition) is 0. The van der Waals surface area contributed by atoms with Gasteiger partial charge in [0.1, 0.15) is 23.0 Å². The van der Waals surface area contributed by atoms with Crippen molar-refractivity contribution in [2.45, 2.75) is 52.4 Å². The van der Waals surface area contributed by atoms with Gasteiger partial charge >= 0.3 is 0 Å². The lowest BCUT2D eigenvalue weighted by molar-refractivity contribution is 0.463. The van der Waals surface area contributed by atoms with E-state index in [-0.39, 0.29) is 17.5 Å². The zero-order valence-electron chi connectivity index (χ0n) is 18.4. The third-order valence-corrected chi connectivity index (χ3v) is 6.39. The van der Waals surface area contributed by atoms with Crippen molar-refractivity contribution < 1.29 is 9.47 Å². The molecule has 0 unspecified atom stereocenters. The van der Waals surface area contributed by atoms with E-state index in [0.717, 1.165) is 28.5 Å². The van der Waals surface area contributed by atoms with E-state index in [1.54, 1.807) is 0 Å². The smallest absolute Gasteiger partial charge is 0.260 e. The molecule has 0 aromatic heterocycles. The third kappa shape index (κ3) is 3.03. The SMILES string of the molecule is CC(C)(C)c1ccc2c(c1)B1c3cc(C(C)(C)C)ccc3Oc3cc(Cl)cc(c31)O2. The Balaban J connectivity index is 1.80. The predicted molar refractivity (Wildman–Crippen MR) is 127 cm³/mol. The summed E-state index contributed by atoms with van der Waals surface area (Å²) in [5, 5.41) is 0.618. The van der Waals surface area contributed by atoms with Crippen LogP contribution >= 0.6 is 11.6 Å². The van der Waals surface area contributed by atoms with Gasteiger partial charge in [0.05, 0.1) is 0 Å². The summed E-state index contributed by atoms with van der Waals surface area (Å²) in [6, 6.07) is 16.9. The Morgan fingerprint density at radius 3 is 1.47 bits per heavy atom. The van der Waals surface area contributed by atoms with Crippen molar-refractivity contribution in [1.82, 2.24) is 0 Å². The van der Waals surface area contributed by atoms with Crippen LogP contribution < -0.4 is 25.9 Å². The first-order valence-electron chi connectivity index (χ1n) is 10.5. The maximum Gasteiger partial charge on any atom is 0.260 e. The standard InChI is InChI=1S/C26H26BClO2/c1-25(2,3)15-7-9-20-18(11-15)27-19-12-16(26(4,5)6)8-10-21(19)30-23-14-17(28)13-22(29-20)24(23)27/h7-14H,1-6H3. The number of ether oxygens (including phenoxy) is 2. The van der Waals surface area contributed by atoms with E-state index in [0.29, 0.717) is 5.02 Å². The van der Waals surface area contributed by atoms with Crippen molar-refractivity contribution in [3.8, 4) is 23.0 Å². The van der Waals surface area contributed by atoms with Gasteiger partial charge in [0.25, 0.3) is 6.71 Å². The van der Waals surface area contributed by atoms with Crippen LogP contribution in [0.25, 0.3) is 0 Å². The van der Waals surface area contributed by atoms with Crippen LogP contribution in [-0.4, -0.2) is 6.71 Å². The molecule has 0 fully saturated rings. The van der Waals surface area contributed by atoms with Crippen LogP contribution in [0.2, 0.25) is 5.02 Å². The monoisotopic (exact) mass is 416 g/mol. The molecule has 5 rings (SSSR count). The molecule has 0 saturated carbocycles. The van der Waals surface area contributed by atoms with Crippen LogP contribution in [0.15, 0.2) is 48.5 Å². The van der Waals surface area contributed by atoms with E-state index >= 15 is 0 Å². The molecule has 3 aromatic rings. The fourth-order valence-corrected chi connectivity index (χ4v) is 4.60. The summed E-state index contributed by atoms with van der Waals surface area (Å²) in [7, 11) is 0. The van der Waals surface area contributed by atoms with E-state index in [4.69, 9.17) is 21.1 Å². The Bertz CT molecular complexity index is 1100. The first-order chi connectivity index (χ1) is 14.0. The molecule has 2 aliphatic heterocycles. The minimum atomic E-state index is 0.0549. The van der Waals surface area contributed by atoms with Crippen molar-refractivity contribution >= 4 is 34.7 Å². The molecule has 0 spiro atoms. The van der Waals surface area contributed by atoms with Gasteiger partial charge in [-0.15, -0.1) is 0 Å². The number of hydrogen-bond acceptors (Lipinski definition) is 2. The second-order valence-electron chi connectivity index (χ2n) is 10.5. The Morgan fingerprint density at radius 1 is 0.633 bits per heavy atom. The summed E-state index contributed by atoms with van der Waals surface area (Å²) < 4.78 is 12.6. The van der Waals surface area contributed by atoms with Gasteiger partial charge in [-0.25, -0.2) is 0 Å². The van der Waals surface area contributed by atoms with E-state index < -0.39 is 0 Å². The average molecular weight is 417 g/mol. The van der Waals surface area contributed by atoms with Crippen molar-refractivity contribution in [3.63, 3.8) is 0 Å². The summed E-state index contributed by atoms with van der Waals surface area (Å²) in [5.41, 5.74) is 6.14. The number of halogens is 1. The van der Waals surface area contributed by atoms with E-state index in [9.17, 15) is 0 Å². The van der Waals surface area contributed by atoms with Gasteiger partial charge in [0.15, 0.2) is 0 Å². The van der Waals surface area contributed by atoms with Crippen molar-refractivity contribution in [3.05, 3.63) is 64.7 Å². The highest BCUT2D eigenvalue weighted by atomic mass is 35.5. The summed E-state index contributed by atoms with van der Waals surface area (Å²) in [5.74, 6) is 3.35. The number of rotatable bonds is 0. The Kier molecular flexibility index (Phi) is 4.12. The quantitative estimate of drug-likeness (QED) is 0.303. The van der Waals surface area contributed by atoms with E-state index in [1.165, 1.54) is 22.1 Å². The molecule has 0 amide bonds. The second-order valence-corrected chi connectivity index (χ2v) is 10.9. The van der Waals surface area contributed by atoms with Crippen LogP contribution in [-0.2, 0) is 10.8 Å². The molecule has 0 saturated heterocycles. The fourth-order valence-electron chi connectivity index (χ4n) is 4.40. The molecule has 0 N–H and O–H groups in total. The number of benzene rings is 3. The van der Waals surface area contributed by atoms with Crippen molar-refractivity contribution in [2.75, 3.05) is 0 Å². The van der Waals surface area contributed by atoms with Gasteiger partial charge in [-0.3, -0.25) is 0 Å². The molecule has 2 heterocycles. The maximum atomic E-state index is 6.40. The zero-order valence-corrected chi connectivity index (χ0v) is 19.1. The van der Waals surface area contributed by atoms with E-state index in [2.05, 4.69) is 77.9 Å². The highest BCUT2D eigenvalue weighted by molar-refractivity contribution is 6.98. The average Bonchev–Trinajstić information content (AvgIpc) is 2.65. The highest BCUT2D eigenvalue weighted by Gasteiger charge is 2.41. The lowest BCUT2D eigenvalue weighted by atomic mass is 9.34. The molecular formula is C26H26BClO2. The van der Waals surface area contributed by atoms with Crippen LogP contribution in [0.3, 0.4) is 0 Å². The maximum absolute atomic E-state index is 6.40. The zero-order chi connectivity index (χ0) is 21.4. The van der Waals surface area contributed by atoms with Crippen molar-refractivity contribution in [1.29, 1.82) is 0 Å². The molecule has 0 atom stereocenters. The summed E-state index contributed by atoms with van der Waals surface area (Å²) in [4.78, 5) is 0. The summed E-state index contributed by atoms with van der Waals surface area (Å²) in [6.45, 7) is 13.5. The largest absolute Gasteiger partial charge is 0.458 e. The topological polar surface area (TPSA) is 18.5 Å². The second kappa shape index (κ2) is 6.31. The molecule has 3 aromatic carbocycles. The molecular weight excluding hydrogens is 391 g/mol. The molecule has 0 aliphatic carbocycles. The predicted octanol–water partition coefficient (Wildman–Crippen LogP) is 5.66.